The van der Waals surface area contributed by atoms with E-state index in [1.807, 2.05) is 37.3 Å². The van der Waals surface area contributed by atoms with Crippen LogP contribution in [-0.4, -0.2) is 33.3 Å². The van der Waals surface area contributed by atoms with Gasteiger partial charge in [0.15, 0.2) is 0 Å². The van der Waals surface area contributed by atoms with Gasteiger partial charge in [-0.1, -0.05) is 61.0 Å². The van der Waals surface area contributed by atoms with Crippen LogP contribution in [0.3, 0.4) is 0 Å². The summed E-state index contributed by atoms with van der Waals surface area (Å²) in [5.41, 5.74) is 0.683. The van der Waals surface area contributed by atoms with E-state index >= 15 is 0 Å². The molecule has 0 bridgehead atoms. The van der Waals surface area contributed by atoms with Gasteiger partial charge in [-0.25, -0.2) is 0 Å². The van der Waals surface area contributed by atoms with Gasteiger partial charge in [-0.3, -0.25) is 4.79 Å². The van der Waals surface area contributed by atoms with E-state index in [2.05, 4.69) is 40.5 Å². The van der Waals surface area contributed by atoms with E-state index in [0.717, 1.165) is 11.3 Å². The standard InChI is InChI=1S/C24H22ClN3O2S/c1-2-13-28(15-22-26-27-24(30-22)20-9-5-6-10-21(20)25)23(29)16-31-19-12-11-17-7-3-4-8-18(17)14-19/h3-12,14H,2,13,15-16H2,1H3. The second kappa shape index (κ2) is 9.98. The molecular weight excluding hydrogens is 430 g/mol. The lowest BCUT2D eigenvalue weighted by atomic mass is 10.1. The van der Waals surface area contributed by atoms with Crippen molar-refractivity contribution in [2.24, 2.45) is 0 Å². The molecule has 7 heteroatoms. The summed E-state index contributed by atoms with van der Waals surface area (Å²) in [6, 6.07) is 21.8. The molecule has 0 spiro atoms. The van der Waals surface area contributed by atoms with Crippen LogP contribution < -0.4 is 0 Å². The van der Waals surface area contributed by atoms with Gasteiger partial charge in [0.25, 0.3) is 0 Å². The SMILES string of the molecule is CCCN(Cc1nnc(-c2ccccc2Cl)o1)C(=O)CSc1ccc2ccccc2c1. The van der Waals surface area contributed by atoms with Gasteiger partial charge in [-0.2, -0.15) is 0 Å². The molecular formula is C24H22ClN3O2S. The van der Waals surface area contributed by atoms with Crippen LogP contribution in [0.1, 0.15) is 19.2 Å². The van der Waals surface area contributed by atoms with Gasteiger partial charge in [0.05, 0.1) is 22.9 Å². The topological polar surface area (TPSA) is 59.2 Å². The highest BCUT2D eigenvalue weighted by Crippen LogP contribution is 2.27. The molecule has 0 saturated carbocycles. The smallest absolute Gasteiger partial charge is 0.249 e. The van der Waals surface area contributed by atoms with Gasteiger partial charge in [0, 0.05) is 11.4 Å². The Kier molecular flexibility index (Phi) is 6.89. The number of carbonyl (C=O) groups is 1. The number of carbonyl (C=O) groups excluding carboxylic acids is 1. The van der Waals surface area contributed by atoms with Crippen LogP contribution in [0.15, 0.2) is 76.0 Å². The molecule has 158 valence electrons. The first-order valence-corrected chi connectivity index (χ1v) is 11.5. The Morgan fingerprint density at radius 2 is 1.81 bits per heavy atom. The van der Waals surface area contributed by atoms with Crippen molar-refractivity contribution in [1.82, 2.24) is 15.1 Å². The zero-order valence-electron chi connectivity index (χ0n) is 17.1. The number of benzene rings is 3. The maximum absolute atomic E-state index is 12.9. The molecule has 4 aromatic rings. The number of thioether (sulfide) groups is 1. The fourth-order valence-corrected chi connectivity index (χ4v) is 4.34. The molecule has 1 heterocycles. The molecule has 31 heavy (non-hydrogen) atoms. The number of rotatable bonds is 8. The van der Waals surface area contributed by atoms with Gasteiger partial charge in [-0.15, -0.1) is 22.0 Å². The van der Waals surface area contributed by atoms with Crippen LogP contribution in [0.25, 0.3) is 22.2 Å². The third-order valence-electron chi connectivity index (χ3n) is 4.83. The molecule has 0 aliphatic rings. The highest BCUT2D eigenvalue weighted by atomic mass is 35.5. The van der Waals surface area contributed by atoms with Crippen LogP contribution in [0, 0.1) is 0 Å². The minimum Gasteiger partial charge on any atom is -0.419 e. The van der Waals surface area contributed by atoms with Crippen molar-refractivity contribution in [3.8, 4) is 11.5 Å². The highest BCUT2D eigenvalue weighted by molar-refractivity contribution is 8.00. The van der Waals surface area contributed by atoms with E-state index in [1.165, 1.54) is 22.5 Å². The number of hydrogen-bond donors (Lipinski definition) is 0. The molecule has 0 aliphatic carbocycles. The molecule has 3 aromatic carbocycles. The zero-order valence-corrected chi connectivity index (χ0v) is 18.7. The van der Waals surface area contributed by atoms with E-state index < -0.39 is 0 Å². The van der Waals surface area contributed by atoms with Gasteiger partial charge in [-0.05, 0) is 41.5 Å². The van der Waals surface area contributed by atoms with Crippen LogP contribution in [0.2, 0.25) is 5.02 Å². The fraction of sp³-hybridized carbons (Fsp3) is 0.208. The highest BCUT2D eigenvalue weighted by Gasteiger charge is 2.18. The van der Waals surface area contributed by atoms with E-state index in [4.69, 9.17) is 16.0 Å². The number of fused-ring (bicyclic) bond motifs is 1. The lowest BCUT2D eigenvalue weighted by Gasteiger charge is -2.20. The summed E-state index contributed by atoms with van der Waals surface area (Å²) < 4.78 is 5.78. The van der Waals surface area contributed by atoms with Crippen LogP contribution in [-0.2, 0) is 11.3 Å². The normalized spacial score (nSPS) is 11.0. The van der Waals surface area contributed by atoms with Gasteiger partial charge in [0.2, 0.25) is 17.7 Å². The summed E-state index contributed by atoms with van der Waals surface area (Å²) in [7, 11) is 0. The van der Waals surface area contributed by atoms with Crippen LogP contribution in [0.5, 0.6) is 0 Å². The molecule has 5 nitrogen and oxygen atoms in total. The van der Waals surface area contributed by atoms with E-state index in [0.29, 0.717) is 34.7 Å². The number of amides is 1. The maximum Gasteiger partial charge on any atom is 0.249 e. The van der Waals surface area contributed by atoms with Crippen molar-refractivity contribution in [3.63, 3.8) is 0 Å². The summed E-state index contributed by atoms with van der Waals surface area (Å²) in [6.45, 7) is 2.95. The predicted octanol–water partition coefficient (Wildman–Crippen LogP) is 6.07. The minimum absolute atomic E-state index is 0.0394. The van der Waals surface area contributed by atoms with Gasteiger partial charge < -0.3 is 9.32 Å². The van der Waals surface area contributed by atoms with Crippen molar-refractivity contribution in [1.29, 1.82) is 0 Å². The Hall–Kier alpha value is -2.83. The molecule has 0 atom stereocenters. The summed E-state index contributed by atoms with van der Waals surface area (Å²) in [4.78, 5) is 15.7. The third kappa shape index (κ3) is 5.27. The molecule has 0 aliphatic heterocycles. The van der Waals surface area contributed by atoms with E-state index in [9.17, 15) is 4.79 Å². The monoisotopic (exact) mass is 451 g/mol. The van der Waals surface area contributed by atoms with Crippen molar-refractivity contribution in [2.75, 3.05) is 12.3 Å². The Bertz CT molecular complexity index is 1190. The van der Waals surface area contributed by atoms with E-state index in [1.54, 1.807) is 11.0 Å². The predicted molar refractivity (Wildman–Crippen MR) is 125 cm³/mol. The fourth-order valence-electron chi connectivity index (χ4n) is 3.28. The number of aromatic nitrogens is 2. The first-order valence-electron chi connectivity index (χ1n) is 10.1. The zero-order chi connectivity index (χ0) is 21.6. The molecule has 0 saturated heterocycles. The first-order chi connectivity index (χ1) is 15.1. The number of nitrogens with zero attached hydrogens (tertiary/aromatic N) is 3. The summed E-state index contributed by atoms with van der Waals surface area (Å²) in [5, 5.41) is 11.1. The molecule has 1 amide bonds. The van der Waals surface area contributed by atoms with Crippen molar-refractivity contribution >= 4 is 40.0 Å². The van der Waals surface area contributed by atoms with Crippen molar-refractivity contribution in [2.45, 2.75) is 24.8 Å². The average Bonchev–Trinajstić information content (AvgIpc) is 3.25. The molecule has 0 fully saturated rings. The summed E-state index contributed by atoms with van der Waals surface area (Å²) in [5.74, 6) is 1.14. The number of hydrogen-bond acceptors (Lipinski definition) is 5. The lowest BCUT2D eigenvalue weighted by molar-refractivity contribution is -0.129. The largest absolute Gasteiger partial charge is 0.419 e. The second-order valence-corrected chi connectivity index (χ2v) is 8.55. The summed E-state index contributed by atoms with van der Waals surface area (Å²) in [6.07, 6.45) is 0.845. The maximum atomic E-state index is 12.9. The van der Waals surface area contributed by atoms with Crippen molar-refractivity contribution < 1.29 is 9.21 Å². The molecule has 1 aromatic heterocycles. The quantitative estimate of drug-likeness (QED) is 0.304. The Morgan fingerprint density at radius 1 is 1.03 bits per heavy atom. The molecule has 4 rings (SSSR count). The Morgan fingerprint density at radius 3 is 2.61 bits per heavy atom. The molecule has 0 N–H and O–H groups in total. The van der Waals surface area contributed by atoms with Gasteiger partial charge >= 0.3 is 0 Å². The van der Waals surface area contributed by atoms with Crippen LogP contribution >= 0.6 is 23.4 Å². The lowest BCUT2D eigenvalue weighted by Crippen LogP contribution is -2.32. The molecule has 0 radical (unpaired) electrons. The summed E-state index contributed by atoms with van der Waals surface area (Å²) >= 11 is 7.75. The van der Waals surface area contributed by atoms with Gasteiger partial charge in [0.1, 0.15) is 0 Å². The minimum atomic E-state index is 0.0394. The Labute approximate surface area is 190 Å². The molecule has 0 unspecified atom stereocenters. The van der Waals surface area contributed by atoms with Crippen molar-refractivity contribution in [3.05, 3.63) is 77.6 Å². The second-order valence-electron chi connectivity index (χ2n) is 7.09. The van der Waals surface area contributed by atoms with E-state index in [-0.39, 0.29) is 12.5 Å². The third-order valence-corrected chi connectivity index (χ3v) is 6.13. The first kappa shape index (κ1) is 21.4. The number of halogens is 1. The Balaban J connectivity index is 1.42. The van der Waals surface area contributed by atoms with Crippen LogP contribution in [0.4, 0.5) is 0 Å². The average molecular weight is 452 g/mol.